The van der Waals surface area contributed by atoms with Crippen molar-refractivity contribution in [3.8, 4) is 5.75 Å². The van der Waals surface area contributed by atoms with E-state index in [0.29, 0.717) is 12.5 Å². The highest BCUT2D eigenvalue weighted by Gasteiger charge is 2.13. The molecule has 25 heavy (non-hydrogen) atoms. The van der Waals surface area contributed by atoms with Gasteiger partial charge in [0.2, 0.25) is 0 Å². The zero-order valence-electron chi connectivity index (χ0n) is 14.4. The SMILES string of the molecule is COc1ccc(NC(N)=NCCc2nnc3n2CCCCC3)cc1.I. The summed E-state index contributed by atoms with van der Waals surface area (Å²) in [6, 6.07) is 7.56. The molecule has 1 aliphatic rings. The number of fused-ring (bicyclic) bond motifs is 1. The first-order valence-electron chi connectivity index (χ1n) is 8.38. The van der Waals surface area contributed by atoms with E-state index >= 15 is 0 Å². The van der Waals surface area contributed by atoms with E-state index in [0.717, 1.165) is 42.5 Å². The topological polar surface area (TPSA) is 90.3 Å². The van der Waals surface area contributed by atoms with Crippen molar-refractivity contribution in [2.45, 2.75) is 38.6 Å². The summed E-state index contributed by atoms with van der Waals surface area (Å²) in [5.74, 6) is 3.32. The van der Waals surface area contributed by atoms with E-state index in [9.17, 15) is 0 Å². The summed E-state index contributed by atoms with van der Waals surface area (Å²) >= 11 is 0. The van der Waals surface area contributed by atoms with Gasteiger partial charge < -0.3 is 20.4 Å². The number of guanidine groups is 1. The molecule has 1 aliphatic heterocycles. The number of aliphatic imine (C=N–C) groups is 1. The van der Waals surface area contributed by atoms with E-state index < -0.39 is 0 Å². The molecular weight excluding hydrogens is 431 g/mol. The predicted molar refractivity (Wildman–Crippen MR) is 110 cm³/mol. The van der Waals surface area contributed by atoms with Gasteiger partial charge in [0.15, 0.2) is 5.96 Å². The summed E-state index contributed by atoms with van der Waals surface area (Å²) in [4.78, 5) is 4.38. The second kappa shape index (κ2) is 9.59. The highest BCUT2D eigenvalue weighted by Crippen LogP contribution is 2.15. The number of anilines is 1. The lowest BCUT2D eigenvalue weighted by molar-refractivity contribution is 0.415. The van der Waals surface area contributed by atoms with Crippen molar-refractivity contribution < 1.29 is 4.74 Å². The van der Waals surface area contributed by atoms with Crippen molar-refractivity contribution >= 4 is 35.6 Å². The molecule has 7 nitrogen and oxygen atoms in total. The second-order valence-electron chi connectivity index (χ2n) is 5.87. The largest absolute Gasteiger partial charge is 0.497 e. The zero-order chi connectivity index (χ0) is 16.8. The van der Waals surface area contributed by atoms with Gasteiger partial charge in [-0.3, -0.25) is 4.99 Å². The minimum Gasteiger partial charge on any atom is -0.497 e. The number of benzene rings is 1. The van der Waals surface area contributed by atoms with Gasteiger partial charge in [-0.1, -0.05) is 6.42 Å². The first kappa shape index (κ1) is 19.5. The third-order valence-corrected chi connectivity index (χ3v) is 4.17. The maximum absolute atomic E-state index is 5.94. The monoisotopic (exact) mass is 456 g/mol. The van der Waals surface area contributed by atoms with Gasteiger partial charge in [-0.05, 0) is 37.1 Å². The molecule has 3 N–H and O–H groups in total. The molecule has 0 amide bonds. The van der Waals surface area contributed by atoms with Crippen molar-refractivity contribution in [1.82, 2.24) is 14.8 Å². The molecule has 0 spiro atoms. The fourth-order valence-corrected chi connectivity index (χ4v) is 2.87. The molecule has 136 valence electrons. The average molecular weight is 456 g/mol. The van der Waals surface area contributed by atoms with Gasteiger partial charge in [0, 0.05) is 31.6 Å². The Kier molecular flexibility index (Phi) is 7.48. The quantitative estimate of drug-likeness (QED) is 0.410. The highest BCUT2D eigenvalue weighted by molar-refractivity contribution is 14.0. The summed E-state index contributed by atoms with van der Waals surface area (Å²) in [5, 5.41) is 11.7. The third kappa shape index (κ3) is 5.32. The van der Waals surface area contributed by atoms with Crippen molar-refractivity contribution in [3.05, 3.63) is 35.9 Å². The van der Waals surface area contributed by atoms with E-state index in [4.69, 9.17) is 10.5 Å². The number of aryl methyl sites for hydroxylation is 1. The van der Waals surface area contributed by atoms with Gasteiger partial charge in [0.25, 0.3) is 0 Å². The molecule has 0 bridgehead atoms. The lowest BCUT2D eigenvalue weighted by atomic mass is 10.2. The molecule has 0 saturated carbocycles. The van der Waals surface area contributed by atoms with E-state index in [1.165, 1.54) is 19.3 Å². The maximum Gasteiger partial charge on any atom is 0.193 e. The number of hydrogen-bond donors (Lipinski definition) is 2. The molecule has 8 heteroatoms. The minimum absolute atomic E-state index is 0. The Morgan fingerprint density at radius 1 is 1.24 bits per heavy atom. The van der Waals surface area contributed by atoms with E-state index in [1.54, 1.807) is 7.11 Å². The van der Waals surface area contributed by atoms with Gasteiger partial charge in [0.05, 0.1) is 7.11 Å². The van der Waals surface area contributed by atoms with E-state index in [-0.39, 0.29) is 24.0 Å². The number of methoxy groups -OCH3 is 1. The van der Waals surface area contributed by atoms with Crippen LogP contribution < -0.4 is 15.8 Å². The van der Waals surface area contributed by atoms with Gasteiger partial charge >= 0.3 is 0 Å². The second-order valence-corrected chi connectivity index (χ2v) is 5.87. The Hall–Kier alpha value is -1.84. The molecule has 1 aromatic heterocycles. The highest BCUT2D eigenvalue weighted by atomic mass is 127. The zero-order valence-corrected chi connectivity index (χ0v) is 16.8. The van der Waals surface area contributed by atoms with Crippen molar-refractivity contribution in [2.75, 3.05) is 19.0 Å². The lowest BCUT2D eigenvalue weighted by Crippen LogP contribution is -2.23. The molecule has 0 aliphatic carbocycles. The Morgan fingerprint density at radius 2 is 2.04 bits per heavy atom. The molecule has 2 heterocycles. The van der Waals surface area contributed by atoms with Crippen molar-refractivity contribution in [3.63, 3.8) is 0 Å². The molecule has 1 aromatic carbocycles. The van der Waals surface area contributed by atoms with Crippen LogP contribution in [0, 0.1) is 0 Å². The maximum atomic E-state index is 5.94. The van der Waals surface area contributed by atoms with Gasteiger partial charge in [-0.2, -0.15) is 0 Å². The first-order valence-corrected chi connectivity index (χ1v) is 8.38. The van der Waals surface area contributed by atoms with Crippen LogP contribution in [0.5, 0.6) is 5.75 Å². The number of nitrogens with one attached hydrogen (secondary N) is 1. The number of nitrogens with two attached hydrogens (primary N) is 1. The van der Waals surface area contributed by atoms with Crippen LogP contribution in [0.2, 0.25) is 0 Å². The Balaban J connectivity index is 0.00000225. The van der Waals surface area contributed by atoms with Crippen LogP contribution >= 0.6 is 24.0 Å². The summed E-state index contributed by atoms with van der Waals surface area (Å²) in [5.41, 5.74) is 6.83. The smallest absolute Gasteiger partial charge is 0.193 e. The number of hydrogen-bond acceptors (Lipinski definition) is 4. The molecule has 0 atom stereocenters. The Labute approximate surface area is 165 Å². The molecule has 0 fully saturated rings. The van der Waals surface area contributed by atoms with Crippen LogP contribution in [0.4, 0.5) is 5.69 Å². The molecule has 0 unspecified atom stereocenters. The van der Waals surface area contributed by atoms with Crippen LogP contribution in [0.15, 0.2) is 29.3 Å². The Morgan fingerprint density at radius 3 is 2.80 bits per heavy atom. The number of rotatable bonds is 5. The van der Waals surface area contributed by atoms with E-state index in [1.807, 2.05) is 24.3 Å². The molecular formula is C17H25IN6O. The van der Waals surface area contributed by atoms with Gasteiger partial charge in [-0.25, -0.2) is 0 Å². The minimum atomic E-state index is 0. The number of halogens is 1. The molecule has 3 rings (SSSR count). The Bertz CT molecular complexity index is 698. The van der Waals surface area contributed by atoms with Gasteiger partial charge in [0.1, 0.15) is 17.4 Å². The predicted octanol–water partition coefficient (Wildman–Crippen LogP) is 2.60. The lowest BCUT2D eigenvalue weighted by Gasteiger charge is -2.07. The van der Waals surface area contributed by atoms with Crippen molar-refractivity contribution in [1.29, 1.82) is 0 Å². The number of nitrogens with zero attached hydrogens (tertiary/aromatic N) is 4. The molecule has 0 saturated heterocycles. The van der Waals surface area contributed by atoms with Crippen molar-refractivity contribution in [2.24, 2.45) is 10.7 Å². The molecule has 0 radical (unpaired) electrons. The van der Waals surface area contributed by atoms with Gasteiger partial charge in [-0.15, -0.1) is 34.2 Å². The third-order valence-electron chi connectivity index (χ3n) is 4.17. The van der Waals surface area contributed by atoms with Crippen LogP contribution in [-0.2, 0) is 19.4 Å². The molecule has 2 aromatic rings. The van der Waals surface area contributed by atoms with Crippen LogP contribution in [0.1, 0.15) is 30.9 Å². The summed E-state index contributed by atoms with van der Waals surface area (Å²) in [7, 11) is 1.64. The fourth-order valence-electron chi connectivity index (χ4n) is 2.87. The average Bonchev–Trinajstić information content (AvgIpc) is 2.82. The first-order chi connectivity index (χ1) is 11.8. The normalized spacial score (nSPS) is 14.2. The standard InChI is InChI=1S/C17H24N6O.HI/c1-24-14-8-6-13(7-9-14)20-17(18)19-11-10-16-22-21-15-5-3-2-4-12-23(15)16;/h6-9H,2-5,10-12H2,1H3,(H3,18,19,20);1H. The fraction of sp³-hybridized carbons (Fsp3) is 0.471. The number of aromatic nitrogens is 3. The van der Waals surface area contributed by atoms with Crippen LogP contribution in [0.3, 0.4) is 0 Å². The van der Waals surface area contributed by atoms with E-state index in [2.05, 4.69) is 25.1 Å². The van der Waals surface area contributed by atoms with Crippen LogP contribution in [-0.4, -0.2) is 34.4 Å². The summed E-state index contributed by atoms with van der Waals surface area (Å²) in [6.07, 6.45) is 5.44. The number of ether oxygens (including phenoxy) is 1. The van der Waals surface area contributed by atoms with Crippen LogP contribution in [0.25, 0.3) is 0 Å². The summed E-state index contributed by atoms with van der Waals surface area (Å²) < 4.78 is 7.38. The summed E-state index contributed by atoms with van der Waals surface area (Å²) in [6.45, 7) is 1.61.